The molecular formula is C13H11NO2. The topological polar surface area (TPSA) is 50.1 Å². The van der Waals surface area contributed by atoms with Gasteiger partial charge in [0, 0.05) is 6.08 Å². The molecule has 1 rings (SSSR count). The largest absolute Gasteiger partial charge is 0.466 e. The van der Waals surface area contributed by atoms with Crippen LogP contribution in [0.4, 0.5) is 0 Å². The van der Waals surface area contributed by atoms with Crippen molar-refractivity contribution < 1.29 is 9.53 Å². The fourth-order valence-corrected chi connectivity index (χ4v) is 1.11. The molecule has 1 aromatic rings. The van der Waals surface area contributed by atoms with Gasteiger partial charge in [-0.25, -0.2) is 4.79 Å². The Bertz CT molecular complexity index is 467. The van der Waals surface area contributed by atoms with E-state index in [1.54, 1.807) is 30.4 Å². The molecule has 0 radical (unpaired) electrons. The lowest BCUT2D eigenvalue weighted by atomic mass is 10.1. The first kappa shape index (κ1) is 11.7. The number of methoxy groups -OCH3 is 1. The number of nitriles is 1. The minimum Gasteiger partial charge on any atom is -0.466 e. The molecule has 0 spiro atoms. The van der Waals surface area contributed by atoms with E-state index in [0.717, 1.165) is 5.56 Å². The summed E-state index contributed by atoms with van der Waals surface area (Å²) in [5.74, 6) is -0.404. The predicted molar refractivity (Wildman–Crippen MR) is 61.3 cm³/mol. The summed E-state index contributed by atoms with van der Waals surface area (Å²) in [6.07, 6.45) is 6.33. The van der Waals surface area contributed by atoms with Gasteiger partial charge in [0.05, 0.1) is 18.7 Å². The molecule has 0 saturated heterocycles. The van der Waals surface area contributed by atoms with Crippen LogP contribution in [0.25, 0.3) is 6.08 Å². The Balaban J connectivity index is 2.74. The number of ether oxygens (including phenoxy) is 1. The van der Waals surface area contributed by atoms with Crippen molar-refractivity contribution in [1.82, 2.24) is 0 Å². The molecule has 0 fully saturated rings. The predicted octanol–water partition coefficient (Wildman–Crippen LogP) is 2.30. The van der Waals surface area contributed by atoms with E-state index >= 15 is 0 Å². The second-order valence-corrected chi connectivity index (χ2v) is 2.94. The molecule has 0 unspecified atom stereocenters. The number of esters is 1. The molecular weight excluding hydrogens is 202 g/mol. The maximum Gasteiger partial charge on any atom is 0.330 e. The zero-order chi connectivity index (χ0) is 11.8. The normalized spacial score (nSPS) is 10.5. The summed E-state index contributed by atoms with van der Waals surface area (Å²) < 4.78 is 4.44. The molecule has 0 atom stereocenters. The van der Waals surface area contributed by atoms with Crippen molar-refractivity contribution in [1.29, 1.82) is 5.26 Å². The molecule has 0 aromatic heterocycles. The number of carbonyl (C=O) groups excluding carboxylic acids is 1. The van der Waals surface area contributed by atoms with Gasteiger partial charge in [0.1, 0.15) is 0 Å². The van der Waals surface area contributed by atoms with Crippen LogP contribution in [0.3, 0.4) is 0 Å². The lowest BCUT2D eigenvalue weighted by Gasteiger charge is -1.94. The van der Waals surface area contributed by atoms with E-state index in [4.69, 9.17) is 5.26 Å². The Labute approximate surface area is 94.3 Å². The van der Waals surface area contributed by atoms with E-state index < -0.39 is 5.97 Å². The lowest BCUT2D eigenvalue weighted by Crippen LogP contribution is -1.92. The van der Waals surface area contributed by atoms with Crippen LogP contribution >= 0.6 is 0 Å². The molecule has 1 aromatic carbocycles. The monoisotopic (exact) mass is 213 g/mol. The van der Waals surface area contributed by atoms with Crippen molar-refractivity contribution in [2.24, 2.45) is 0 Å². The number of nitrogens with zero attached hydrogens (tertiary/aromatic N) is 1. The molecule has 0 amide bonds. The van der Waals surface area contributed by atoms with Gasteiger partial charge in [0.2, 0.25) is 0 Å². The minimum absolute atomic E-state index is 0.404. The number of hydrogen-bond donors (Lipinski definition) is 0. The van der Waals surface area contributed by atoms with E-state index in [-0.39, 0.29) is 0 Å². The molecule has 0 heterocycles. The zero-order valence-corrected chi connectivity index (χ0v) is 8.88. The van der Waals surface area contributed by atoms with Gasteiger partial charge in [-0.05, 0) is 11.6 Å². The third-order valence-electron chi connectivity index (χ3n) is 1.90. The van der Waals surface area contributed by atoms with Gasteiger partial charge in [-0.3, -0.25) is 0 Å². The highest BCUT2D eigenvalue weighted by Gasteiger charge is 1.94. The molecule has 0 N–H and O–H groups in total. The van der Waals surface area contributed by atoms with Crippen molar-refractivity contribution in [3.8, 4) is 6.07 Å². The highest BCUT2D eigenvalue weighted by molar-refractivity contribution is 5.82. The third-order valence-corrected chi connectivity index (χ3v) is 1.90. The van der Waals surface area contributed by atoms with Gasteiger partial charge in [0.15, 0.2) is 0 Å². The summed E-state index contributed by atoms with van der Waals surface area (Å²) >= 11 is 0. The SMILES string of the molecule is COC(=O)C=CC=Cc1ccccc1C#N. The first-order valence-corrected chi connectivity index (χ1v) is 4.69. The first-order chi connectivity index (χ1) is 7.77. The van der Waals surface area contributed by atoms with Crippen LogP contribution in [-0.2, 0) is 9.53 Å². The maximum absolute atomic E-state index is 10.8. The van der Waals surface area contributed by atoms with Gasteiger partial charge in [0.25, 0.3) is 0 Å². The molecule has 0 aliphatic rings. The van der Waals surface area contributed by atoms with Crippen LogP contribution in [0.5, 0.6) is 0 Å². The van der Waals surface area contributed by atoms with E-state index in [1.807, 2.05) is 12.1 Å². The van der Waals surface area contributed by atoms with Gasteiger partial charge in [-0.2, -0.15) is 5.26 Å². The first-order valence-electron chi connectivity index (χ1n) is 4.69. The molecule has 3 nitrogen and oxygen atoms in total. The lowest BCUT2D eigenvalue weighted by molar-refractivity contribution is -0.134. The van der Waals surface area contributed by atoms with Gasteiger partial charge in [-0.15, -0.1) is 0 Å². The Hall–Kier alpha value is -2.34. The summed E-state index contributed by atoms with van der Waals surface area (Å²) in [6, 6.07) is 9.32. The van der Waals surface area contributed by atoms with Gasteiger partial charge < -0.3 is 4.74 Å². The standard InChI is InChI=1S/C13H11NO2/c1-16-13(15)9-5-4-7-11-6-2-3-8-12(11)10-14/h2-9H,1H3. The Kier molecular flexibility index (Phi) is 4.55. The third kappa shape index (κ3) is 3.43. The molecule has 0 bridgehead atoms. The van der Waals surface area contributed by atoms with Crippen molar-refractivity contribution in [2.75, 3.05) is 7.11 Å². The van der Waals surface area contributed by atoms with E-state index in [9.17, 15) is 4.79 Å². The summed E-state index contributed by atoms with van der Waals surface area (Å²) in [7, 11) is 1.32. The van der Waals surface area contributed by atoms with Crippen molar-refractivity contribution in [2.45, 2.75) is 0 Å². The van der Waals surface area contributed by atoms with Crippen LogP contribution in [0.1, 0.15) is 11.1 Å². The number of rotatable bonds is 3. The van der Waals surface area contributed by atoms with Gasteiger partial charge >= 0.3 is 5.97 Å². The smallest absolute Gasteiger partial charge is 0.330 e. The molecule has 0 saturated carbocycles. The summed E-state index contributed by atoms with van der Waals surface area (Å²) in [5, 5.41) is 8.83. The van der Waals surface area contributed by atoms with Gasteiger partial charge in [-0.1, -0.05) is 36.4 Å². The highest BCUT2D eigenvalue weighted by atomic mass is 16.5. The number of benzene rings is 1. The van der Waals surface area contributed by atoms with E-state index in [0.29, 0.717) is 5.56 Å². The zero-order valence-electron chi connectivity index (χ0n) is 8.88. The molecule has 16 heavy (non-hydrogen) atoms. The van der Waals surface area contributed by atoms with Crippen LogP contribution in [0, 0.1) is 11.3 Å². The van der Waals surface area contributed by atoms with Crippen LogP contribution < -0.4 is 0 Å². The van der Waals surface area contributed by atoms with Crippen molar-refractivity contribution in [3.63, 3.8) is 0 Å². The number of hydrogen-bond acceptors (Lipinski definition) is 3. The Morgan fingerprint density at radius 3 is 2.81 bits per heavy atom. The summed E-state index contributed by atoms with van der Waals surface area (Å²) in [5.41, 5.74) is 1.42. The number of carbonyl (C=O) groups is 1. The van der Waals surface area contributed by atoms with Crippen LogP contribution in [0.15, 0.2) is 42.5 Å². The van der Waals surface area contributed by atoms with Crippen molar-refractivity contribution in [3.05, 3.63) is 53.6 Å². The molecule has 80 valence electrons. The van der Waals surface area contributed by atoms with E-state index in [1.165, 1.54) is 13.2 Å². The second-order valence-electron chi connectivity index (χ2n) is 2.94. The number of allylic oxidation sites excluding steroid dienone is 2. The average Bonchev–Trinajstić information content (AvgIpc) is 2.34. The molecule has 3 heteroatoms. The average molecular weight is 213 g/mol. The highest BCUT2D eigenvalue weighted by Crippen LogP contribution is 2.08. The fourth-order valence-electron chi connectivity index (χ4n) is 1.11. The summed E-state index contributed by atoms with van der Waals surface area (Å²) in [6.45, 7) is 0. The summed E-state index contributed by atoms with van der Waals surface area (Å²) in [4.78, 5) is 10.8. The van der Waals surface area contributed by atoms with E-state index in [2.05, 4.69) is 10.8 Å². The second kappa shape index (κ2) is 6.20. The molecule has 0 aliphatic heterocycles. The van der Waals surface area contributed by atoms with Crippen molar-refractivity contribution >= 4 is 12.0 Å². The fraction of sp³-hybridized carbons (Fsp3) is 0.0769. The maximum atomic E-state index is 10.8. The van der Waals surface area contributed by atoms with Crippen LogP contribution in [-0.4, -0.2) is 13.1 Å². The quantitative estimate of drug-likeness (QED) is 0.439. The van der Waals surface area contributed by atoms with Crippen LogP contribution in [0.2, 0.25) is 0 Å². The Morgan fingerprint density at radius 2 is 2.12 bits per heavy atom. The minimum atomic E-state index is -0.404. The Morgan fingerprint density at radius 1 is 1.38 bits per heavy atom. The molecule has 0 aliphatic carbocycles.